The van der Waals surface area contributed by atoms with Gasteiger partial charge in [0.05, 0.1) is 6.20 Å². The van der Waals surface area contributed by atoms with Gasteiger partial charge < -0.3 is 4.42 Å². The monoisotopic (exact) mass is 397 g/mol. The summed E-state index contributed by atoms with van der Waals surface area (Å²) >= 11 is 10.9. The van der Waals surface area contributed by atoms with Crippen molar-refractivity contribution in [3.63, 3.8) is 0 Å². The minimum absolute atomic E-state index is 0.317. The molecular weight excluding hydrogens is 378 g/mol. The number of benzene rings is 2. The number of hydrogen-bond donors (Lipinski definition) is 2. The van der Waals surface area contributed by atoms with Crippen LogP contribution in [0.15, 0.2) is 71.3 Å². The number of hydrogen-bond acceptors (Lipinski definition) is 6. The zero-order valence-corrected chi connectivity index (χ0v) is 16.6. The van der Waals surface area contributed by atoms with Crippen LogP contribution in [0.3, 0.4) is 0 Å². The highest BCUT2D eigenvalue weighted by molar-refractivity contribution is 7.80. The maximum Gasteiger partial charge on any atom is 0.315 e. The minimum Gasteiger partial charge on any atom is -0.405 e. The van der Waals surface area contributed by atoms with E-state index in [4.69, 9.17) is 28.9 Å². The summed E-state index contributed by atoms with van der Waals surface area (Å²) in [4.78, 5) is 5.48. The molecule has 0 atom stereocenters. The third kappa shape index (κ3) is 4.81. The van der Waals surface area contributed by atoms with Gasteiger partial charge in [-0.1, -0.05) is 85.1 Å². The lowest BCUT2D eigenvalue weighted by Crippen LogP contribution is -2.32. The molecule has 3 rings (SSSR count). The molecule has 6 nitrogen and oxygen atoms in total. The Labute approximate surface area is 168 Å². The van der Waals surface area contributed by atoms with Crippen molar-refractivity contribution in [1.82, 2.24) is 15.0 Å². The molecule has 0 bridgehead atoms. The summed E-state index contributed by atoms with van der Waals surface area (Å²) in [6.45, 7) is 0. The van der Waals surface area contributed by atoms with E-state index in [1.807, 2.05) is 74.8 Å². The van der Waals surface area contributed by atoms with Crippen LogP contribution in [0.1, 0.15) is 11.1 Å². The van der Waals surface area contributed by atoms with Crippen LogP contribution >= 0.6 is 24.4 Å². The zero-order valence-electron chi connectivity index (χ0n) is 14.9. The van der Waals surface area contributed by atoms with E-state index in [1.165, 1.54) is 0 Å². The largest absolute Gasteiger partial charge is 0.405 e. The van der Waals surface area contributed by atoms with Crippen molar-refractivity contribution in [3.8, 4) is 0 Å². The summed E-state index contributed by atoms with van der Waals surface area (Å²) in [5.41, 5.74) is 7.95. The lowest BCUT2D eigenvalue weighted by molar-refractivity contribution is 0.499. The van der Waals surface area contributed by atoms with E-state index in [0.717, 1.165) is 11.1 Å². The minimum atomic E-state index is 0.317. The summed E-state index contributed by atoms with van der Waals surface area (Å²) in [6.07, 6.45) is 1.58. The number of anilines is 2. The number of thiocarbonyl (C=S) groups is 2. The van der Waals surface area contributed by atoms with Crippen LogP contribution in [0.5, 0.6) is 0 Å². The van der Waals surface area contributed by atoms with E-state index in [2.05, 4.69) is 15.8 Å². The molecule has 0 unspecified atom stereocenters. The number of nitrogens with one attached hydrogen (secondary N) is 2. The van der Waals surface area contributed by atoms with Crippen molar-refractivity contribution >= 4 is 46.3 Å². The predicted octanol–water partition coefficient (Wildman–Crippen LogP) is 3.94. The molecule has 8 heteroatoms. The first-order chi connectivity index (χ1) is 13.0. The molecule has 1 heterocycles. The molecule has 0 spiro atoms. The fraction of sp³-hybridized carbons (Fsp3) is 0.105. The molecule has 0 radical (unpaired) electrons. The second-order valence-corrected chi connectivity index (χ2v) is 6.49. The lowest BCUT2D eigenvalue weighted by atomic mass is 10.2. The van der Waals surface area contributed by atoms with E-state index < -0.39 is 0 Å². The summed E-state index contributed by atoms with van der Waals surface area (Å²) in [6, 6.07) is 19.8. The average Bonchev–Trinajstić information content (AvgIpc) is 3.14. The van der Waals surface area contributed by atoms with Crippen LogP contribution in [0.25, 0.3) is 0 Å². The van der Waals surface area contributed by atoms with Crippen molar-refractivity contribution in [3.05, 3.63) is 78.0 Å². The van der Waals surface area contributed by atoms with Gasteiger partial charge >= 0.3 is 6.01 Å². The highest BCUT2D eigenvalue weighted by Gasteiger charge is 2.12. The highest BCUT2D eigenvalue weighted by atomic mass is 32.1. The fourth-order valence-corrected chi connectivity index (χ4v) is 2.70. The van der Waals surface area contributed by atoms with Crippen LogP contribution in [-0.4, -0.2) is 39.1 Å². The Hall–Kier alpha value is -2.97. The molecule has 0 aliphatic carbocycles. The molecule has 0 amide bonds. The van der Waals surface area contributed by atoms with Gasteiger partial charge in [0, 0.05) is 25.2 Å². The van der Waals surface area contributed by atoms with Gasteiger partial charge in [0.2, 0.25) is 5.88 Å². The van der Waals surface area contributed by atoms with Gasteiger partial charge in [-0.2, -0.15) is 4.98 Å². The normalized spacial score (nSPS) is 10.1. The van der Waals surface area contributed by atoms with Crippen LogP contribution in [0.4, 0.5) is 11.9 Å². The van der Waals surface area contributed by atoms with Gasteiger partial charge in [0.25, 0.3) is 0 Å². The molecule has 2 aromatic carbocycles. The molecule has 3 aromatic rings. The van der Waals surface area contributed by atoms with Gasteiger partial charge in [0.15, 0.2) is 0 Å². The third-order valence-electron chi connectivity index (χ3n) is 3.70. The SMILES string of the molecule is CN(Nc1cnc(NN(C)C(=S)c2ccccc2)o1)C(=S)c1ccccc1. The van der Waals surface area contributed by atoms with Crippen molar-refractivity contribution < 1.29 is 4.42 Å². The van der Waals surface area contributed by atoms with Gasteiger partial charge in [-0.05, 0) is 0 Å². The van der Waals surface area contributed by atoms with E-state index in [0.29, 0.717) is 21.9 Å². The number of aromatic nitrogens is 1. The van der Waals surface area contributed by atoms with E-state index in [-0.39, 0.29) is 0 Å². The fourth-order valence-electron chi connectivity index (χ4n) is 2.34. The van der Waals surface area contributed by atoms with Gasteiger partial charge in [-0.15, -0.1) is 0 Å². The quantitative estimate of drug-likeness (QED) is 0.479. The summed E-state index contributed by atoms with van der Waals surface area (Å²) < 4.78 is 5.66. The third-order valence-corrected chi connectivity index (χ3v) is 4.72. The highest BCUT2D eigenvalue weighted by Crippen LogP contribution is 2.17. The molecule has 2 N–H and O–H groups in total. The topological polar surface area (TPSA) is 56.6 Å². The molecular formula is C19H19N5OS2. The van der Waals surface area contributed by atoms with E-state index >= 15 is 0 Å². The van der Waals surface area contributed by atoms with Gasteiger partial charge in [-0.3, -0.25) is 15.4 Å². The van der Waals surface area contributed by atoms with Crippen LogP contribution < -0.4 is 10.9 Å². The van der Waals surface area contributed by atoms with Crippen molar-refractivity contribution in [1.29, 1.82) is 0 Å². The Kier molecular flexibility index (Phi) is 6.00. The standard InChI is InChI=1S/C19H19N5OS2/c1-23(17(26)14-9-5-3-6-10-14)21-16-13-20-19(25-16)22-24(2)18(27)15-11-7-4-8-12-15/h3-13,21H,1-2H3,(H,20,22). The molecule has 0 saturated heterocycles. The number of rotatable bonds is 6. The molecule has 0 saturated carbocycles. The van der Waals surface area contributed by atoms with Crippen molar-refractivity contribution in [2.45, 2.75) is 0 Å². The maximum absolute atomic E-state index is 5.66. The second kappa shape index (κ2) is 8.61. The molecule has 1 aromatic heterocycles. The molecule has 0 aliphatic heterocycles. The molecule has 138 valence electrons. The molecule has 0 aliphatic rings. The van der Waals surface area contributed by atoms with Gasteiger partial charge in [0.1, 0.15) is 9.98 Å². The first kappa shape index (κ1) is 18.8. The van der Waals surface area contributed by atoms with Crippen LogP contribution in [-0.2, 0) is 0 Å². The second-order valence-electron chi connectivity index (χ2n) is 5.71. The maximum atomic E-state index is 5.66. The van der Waals surface area contributed by atoms with E-state index in [9.17, 15) is 0 Å². The van der Waals surface area contributed by atoms with Crippen LogP contribution in [0, 0.1) is 0 Å². The number of hydrazine groups is 2. The van der Waals surface area contributed by atoms with Crippen molar-refractivity contribution in [2.24, 2.45) is 0 Å². The average molecular weight is 398 g/mol. The summed E-state index contributed by atoms with van der Waals surface area (Å²) in [5.74, 6) is 0.456. The Bertz CT molecular complexity index is 840. The Morgan fingerprint density at radius 3 is 1.81 bits per heavy atom. The van der Waals surface area contributed by atoms with Gasteiger partial charge in [-0.25, -0.2) is 5.43 Å². The smallest absolute Gasteiger partial charge is 0.315 e. The lowest BCUT2D eigenvalue weighted by Gasteiger charge is -2.21. The van der Waals surface area contributed by atoms with E-state index in [1.54, 1.807) is 16.2 Å². The molecule has 0 fully saturated rings. The Balaban J connectivity index is 1.60. The molecule has 27 heavy (non-hydrogen) atoms. The predicted molar refractivity (Wildman–Crippen MR) is 116 cm³/mol. The summed E-state index contributed by atoms with van der Waals surface area (Å²) in [5, 5.41) is 3.38. The number of nitrogens with zero attached hydrogens (tertiary/aromatic N) is 3. The summed E-state index contributed by atoms with van der Waals surface area (Å²) in [7, 11) is 3.63. The number of oxazole rings is 1. The van der Waals surface area contributed by atoms with Crippen LogP contribution in [0.2, 0.25) is 0 Å². The van der Waals surface area contributed by atoms with Crippen molar-refractivity contribution in [2.75, 3.05) is 24.9 Å². The zero-order chi connectivity index (χ0) is 19.2. The Morgan fingerprint density at radius 1 is 0.815 bits per heavy atom. The first-order valence-corrected chi connectivity index (χ1v) is 9.01. The Morgan fingerprint density at radius 2 is 1.30 bits per heavy atom. The first-order valence-electron chi connectivity index (χ1n) is 8.20.